The molecule has 9 nitrogen and oxygen atoms in total. The van der Waals surface area contributed by atoms with E-state index in [4.69, 9.17) is 34.7 Å². The van der Waals surface area contributed by atoms with Crippen molar-refractivity contribution >= 4 is 46.5 Å². The largest absolute Gasteiger partial charge is 0.382 e. The summed E-state index contributed by atoms with van der Waals surface area (Å²) in [6.45, 7) is 2.78. The predicted molar refractivity (Wildman–Crippen MR) is 119 cm³/mol. The maximum atomic E-state index is 6.29. The number of aromatic nitrogens is 4. The van der Waals surface area contributed by atoms with Gasteiger partial charge < -0.3 is 21.3 Å². The lowest BCUT2D eigenvalue weighted by molar-refractivity contribution is 0.381. The van der Waals surface area contributed by atoms with Gasteiger partial charge in [0.05, 0.1) is 28.6 Å². The Morgan fingerprint density at radius 3 is 2.47 bits per heavy atom. The van der Waals surface area contributed by atoms with Crippen molar-refractivity contribution < 1.29 is 0 Å². The number of nitrogens with two attached hydrogens (primary N) is 2. The van der Waals surface area contributed by atoms with Gasteiger partial charge in [-0.05, 0) is 6.07 Å². The summed E-state index contributed by atoms with van der Waals surface area (Å²) < 4.78 is 0. The molecule has 30 heavy (non-hydrogen) atoms. The average molecular weight is 444 g/mol. The Kier molecular flexibility index (Phi) is 5.82. The van der Waals surface area contributed by atoms with Crippen LogP contribution in [0.25, 0.3) is 11.3 Å². The molecule has 0 spiro atoms. The molecule has 0 amide bonds. The van der Waals surface area contributed by atoms with Gasteiger partial charge in [-0.2, -0.15) is 0 Å². The van der Waals surface area contributed by atoms with Crippen LogP contribution in [0.5, 0.6) is 0 Å². The molecule has 1 saturated heterocycles. The smallest absolute Gasteiger partial charge is 0.196 e. The lowest BCUT2D eigenvalue weighted by Gasteiger charge is -2.35. The van der Waals surface area contributed by atoms with Crippen molar-refractivity contribution in [1.29, 1.82) is 0 Å². The first kappa shape index (κ1) is 20.1. The molecule has 3 aromatic rings. The van der Waals surface area contributed by atoms with Gasteiger partial charge in [-0.25, -0.2) is 24.9 Å². The Morgan fingerprint density at radius 2 is 1.77 bits per heavy atom. The standard InChI is InChI=1S/C19H19Cl2N9/c20-14-3-1-2-13(16(14)21)17-18(22)28-15(10-26-17)29-4-6-30(7-5-29)19(23)27-12-8-24-11-25-9-12/h1-3,8-11H,4-7H2,(H2,22,28)(H2,23,27). The minimum atomic E-state index is 0.296. The number of anilines is 2. The van der Waals surface area contributed by atoms with Crippen LogP contribution in [0.4, 0.5) is 17.3 Å². The first-order chi connectivity index (χ1) is 14.5. The van der Waals surface area contributed by atoms with E-state index in [1.807, 2.05) is 11.0 Å². The van der Waals surface area contributed by atoms with Gasteiger partial charge in [-0.3, -0.25) is 0 Å². The molecule has 0 radical (unpaired) electrons. The van der Waals surface area contributed by atoms with E-state index in [0.29, 0.717) is 70.8 Å². The van der Waals surface area contributed by atoms with Gasteiger partial charge in [0.25, 0.3) is 0 Å². The Bertz CT molecular complexity index is 1070. The van der Waals surface area contributed by atoms with Gasteiger partial charge in [0.1, 0.15) is 23.5 Å². The van der Waals surface area contributed by atoms with E-state index < -0.39 is 0 Å². The molecular weight excluding hydrogens is 425 g/mol. The van der Waals surface area contributed by atoms with Crippen LogP contribution in [0.15, 0.2) is 48.1 Å². The maximum absolute atomic E-state index is 6.29. The highest BCUT2D eigenvalue weighted by molar-refractivity contribution is 6.43. The van der Waals surface area contributed by atoms with E-state index in [2.05, 4.69) is 29.8 Å². The summed E-state index contributed by atoms with van der Waals surface area (Å²) in [5.74, 6) is 1.42. The van der Waals surface area contributed by atoms with Crippen LogP contribution in [0.1, 0.15) is 0 Å². The van der Waals surface area contributed by atoms with Crippen molar-refractivity contribution in [3.8, 4) is 11.3 Å². The minimum Gasteiger partial charge on any atom is -0.382 e. The summed E-state index contributed by atoms with van der Waals surface area (Å²) in [7, 11) is 0. The molecule has 0 atom stereocenters. The van der Waals surface area contributed by atoms with E-state index in [-0.39, 0.29) is 0 Å². The number of hydrogen-bond acceptors (Lipinski definition) is 7. The fourth-order valence-electron chi connectivity index (χ4n) is 3.16. The Labute approximate surface area is 183 Å². The molecule has 3 heterocycles. The first-order valence-electron chi connectivity index (χ1n) is 9.19. The van der Waals surface area contributed by atoms with Crippen molar-refractivity contribution in [3.63, 3.8) is 0 Å². The number of hydrogen-bond donors (Lipinski definition) is 2. The third-order valence-corrected chi connectivity index (χ3v) is 5.53. The second-order valence-corrected chi connectivity index (χ2v) is 7.39. The molecule has 1 aliphatic heterocycles. The molecule has 2 aromatic heterocycles. The Balaban J connectivity index is 1.46. The van der Waals surface area contributed by atoms with E-state index in [9.17, 15) is 0 Å². The second-order valence-electron chi connectivity index (χ2n) is 6.60. The number of aliphatic imine (C=N–C) groups is 1. The molecule has 0 unspecified atom stereocenters. The van der Waals surface area contributed by atoms with Gasteiger partial charge in [0.2, 0.25) is 0 Å². The maximum Gasteiger partial charge on any atom is 0.196 e. The minimum absolute atomic E-state index is 0.296. The molecule has 4 N–H and O–H groups in total. The fourth-order valence-corrected chi connectivity index (χ4v) is 3.55. The van der Waals surface area contributed by atoms with Gasteiger partial charge in [0.15, 0.2) is 11.8 Å². The number of rotatable bonds is 3. The zero-order valence-electron chi connectivity index (χ0n) is 15.9. The molecule has 4 rings (SSSR count). The molecule has 11 heteroatoms. The predicted octanol–water partition coefficient (Wildman–Crippen LogP) is 2.59. The number of halogens is 2. The second kappa shape index (κ2) is 8.68. The van der Waals surface area contributed by atoms with Crippen molar-refractivity contribution in [2.45, 2.75) is 0 Å². The lowest BCUT2D eigenvalue weighted by Crippen LogP contribution is -2.51. The summed E-state index contributed by atoms with van der Waals surface area (Å²) in [5, 5.41) is 0.844. The van der Waals surface area contributed by atoms with Gasteiger partial charge in [-0.15, -0.1) is 0 Å². The first-order valence-corrected chi connectivity index (χ1v) is 9.94. The van der Waals surface area contributed by atoms with Crippen molar-refractivity contribution in [1.82, 2.24) is 24.8 Å². The van der Waals surface area contributed by atoms with E-state index >= 15 is 0 Å². The third-order valence-electron chi connectivity index (χ3n) is 4.71. The monoisotopic (exact) mass is 443 g/mol. The summed E-state index contributed by atoms with van der Waals surface area (Å²) in [4.78, 5) is 25.4. The van der Waals surface area contributed by atoms with Crippen molar-refractivity contribution in [2.75, 3.05) is 36.8 Å². The van der Waals surface area contributed by atoms with Crippen molar-refractivity contribution in [3.05, 3.63) is 53.2 Å². The summed E-state index contributed by atoms with van der Waals surface area (Å²) in [5.41, 5.74) is 14.1. The van der Waals surface area contributed by atoms with Crippen LogP contribution in [0, 0.1) is 0 Å². The van der Waals surface area contributed by atoms with E-state index in [1.54, 1.807) is 30.7 Å². The van der Waals surface area contributed by atoms with E-state index in [1.165, 1.54) is 6.33 Å². The highest BCUT2D eigenvalue weighted by Gasteiger charge is 2.21. The number of benzene rings is 1. The summed E-state index contributed by atoms with van der Waals surface area (Å²) >= 11 is 12.4. The quantitative estimate of drug-likeness (QED) is 0.467. The van der Waals surface area contributed by atoms with E-state index in [0.717, 1.165) is 0 Å². The third kappa shape index (κ3) is 4.22. The van der Waals surface area contributed by atoms with Crippen LogP contribution in [0.3, 0.4) is 0 Å². The molecule has 0 aliphatic carbocycles. The average Bonchev–Trinajstić information content (AvgIpc) is 2.77. The van der Waals surface area contributed by atoms with Gasteiger partial charge in [0, 0.05) is 31.7 Å². The topological polar surface area (TPSA) is 122 Å². The highest BCUT2D eigenvalue weighted by atomic mass is 35.5. The molecule has 0 saturated carbocycles. The van der Waals surface area contributed by atoms with Crippen LogP contribution in [-0.4, -0.2) is 57.0 Å². The number of nitrogens with zero attached hydrogens (tertiary/aromatic N) is 7. The lowest BCUT2D eigenvalue weighted by atomic mass is 10.1. The Morgan fingerprint density at radius 1 is 1.03 bits per heavy atom. The molecule has 1 fully saturated rings. The Hall–Kier alpha value is -3.17. The van der Waals surface area contributed by atoms with Crippen LogP contribution >= 0.6 is 23.2 Å². The number of nitrogen functional groups attached to an aromatic ring is 1. The zero-order valence-corrected chi connectivity index (χ0v) is 17.4. The van der Waals surface area contributed by atoms with Crippen LogP contribution in [-0.2, 0) is 0 Å². The van der Waals surface area contributed by atoms with Crippen LogP contribution in [0.2, 0.25) is 10.0 Å². The molecule has 1 aromatic carbocycles. The molecule has 0 bridgehead atoms. The number of piperazine rings is 1. The number of guanidine groups is 1. The SMILES string of the molecule is NC(=Nc1cncnc1)N1CCN(c2cnc(-c3cccc(Cl)c3Cl)c(N)n2)CC1. The van der Waals surface area contributed by atoms with Gasteiger partial charge in [-0.1, -0.05) is 35.3 Å². The molecule has 1 aliphatic rings. The zero-order chi connectivity index (χ0) is 21.1. The fraction of sp³-hybridized carbons (Fsp3) is 0.211. The normalized spacial score (nSPS) is 14.8. The van der Waals surface area contributed by atoms with Crippen LogP contribution < -0.4 is 16.4 Å². The summed E-state index contributed by atoms with van der Waals surface area (Å²) in [6.07, 6.45) is 6.37. The highest BCUT2D eigenvalue weighted by Crippen LogP contribution is 2.35. The molecular formula is C19H19Cl2N9. The summed E-state index contributed by atoms with van der Waals surface area (Å²) in [6, 6.07) is 5.32. The molecule has 154 valence electrons. The van der Waals surface area contributed by atoms with Crippen molar-refractivity contribution in [2.24, 2.45) is 10.7 Å². The van der Waals surface area contributed by atoms with Gasteiger partial charge >= 0.3 is 0 Å².